The number of benzene rings is 2. The van der Waals surface area contributed by atoms with Gasteiger partial charge in [0.1, 0.15) is 0 Å². The number of nitrogens with one attached hydrogen (secondary N) is 1. The van der Waals surface area contributed by atoms with Gasteiger partial charge in [0.15, 0.2) is 0 Å². The largest absolute Gasteiger partial charge is 0.397 e. The molecule has 4 N–H and O–H groups in total. The van der Waals surface area contributed by atoms with Crippen molar-refractivity contribution in [2.45, 2.75) is 13.3 Å². The van der Waals surface area contributed by atoms with Gasteiger partial charge in [0.25, 0.3) is 5.91 Å². The van der Waals surface area contributed by atoms with Crippen molar-refractivity contribution in [2.75, 3.05) is 11.1 Å². The number of rotatable bonds is 6. The Morgan fingerprint density at radius 2 is 2.00 bits per heavy atom. The van der Waals surface area contributed by atoms with Gasteiger partial charge in [-0.1, -0.05) is 18.2 Å². The van der Waals surface area contributed by atoms with Gasteiger partial charge in [-0.3, -0.25) is 14.3 Å². The van der Waals surface area contributed by atoms with Crippen LogP contribution >= 0.6 is 19.4 Å². The van der Waals surface area contributed by atoms with Crippen LogP contribution in [-0.4, -0.2) is 15.8 Å². The van der Waals surface area contributed by atoms with Crippen molar-refractivity contribution in [1.82, 2.24) is 4.98 Å². The summed E-state index contributed by atoms with van der Waals surface area (Å²) in [6.07, 6.45) is 1.92. The maximum Gasteiger partial charge on any atom is 0.257 e. The van der Waals surface area contributed by atoms with Crippen LogP contribution in [0.25, 0.3) is 11.1 Å². The maximum absolute atomic E-state index is 12.8. The molecule has 0 radical (unpaired) electrons. The van der Waals surface area contributed by atoms with Crippen molar-refractivity contribution in [3.63, 3.8) is 0 Å². The Morgan fingerprint density at radius 1 is 1.16 bits per heavy atom. The summed E-state index contributed by atoms with van der Waals surface area (Å²) in [5.41, 5.74) is 12.0. The molecule has 2 aromatic carbocycles. The summed E-state index contributed by atoms with van der Waals surface area (Å²) >= 11 is 1.60. The monoisotopic (exact) mass is 463 g/mol. The van der Waals surface area contributed by atoms with Crippen LogP contribution in [-0.2, 0) is 11.0 Å². The fourth-order valence-electron chi connectivity index (χ4n) is 3.45. The highest BCUT2D eigenvalue weighted by atomic mass is 32.1. The van der Waals surface area contributed by atoms with E-state index in [0.717, 1.165) is 22.3 Å². The molecule has 0 saturated heterocycles. The fourth-order valence-corrected chi connectivity index (χ4v) is 4.90. The SMILES string of the molecule is Cc1cccc([PH](=O)O)c1Cc1ccc(C(=O)Nc2cc(-c3ccsc3)ccc2N)cn1. The molecule has 0 fully saturated rings. The van der Waals surface area contributed by atoms with Crippen LogP contribution in [0.5, 0.6) is 0 Å². The predicted octanol–water partition coefficient (Wildman–Crippen LogP) is 4.64. The molecule has 2 heterocycles. The molecule has 0 spiro atoms. The average Bonchev–Trinajstić information content (AvgIpc) is 3.32. The third kappa shape index (κ3) is 4.81. The lowest BCUT2D eigenvalue weighted by Gasteiger charge is -2.12. The smallest absolute Gasteiger partial charge is 0.257 e. The fraction of sp³-hybridized carbons (Fsp3) is 0.0833. The Balaban J connectivity index is 1.51. The second-order valence-corrected chi connectivity index (χ2v) is 9.32. The summed E-state index contributed by atoms with van der Waals surface area (Å²) < 4.78 is 11.7. The number of aromatic nitrogens is 1. The second-order valence-electron chi connectivity index (χ2n) is 7.39. The molecule has 0 aliphatic carbocycles. The number of hydrogen-bond acceptors (Lipinski definition) is 5. The van der Waals surface area contributed by atoms with E-state index in [1.807, 2.05) is 41.9 Å². The van der Waals surface area contributed by atoms with E-state index in [4.69, 9.17) is 5.73 Å². The van der Waals surface area contributed by atoms with E-state index in [9.17, 15) is 14.3 Å². The number of amides is 1. The van der Waals surface area contributed by atoms with Crippen LogP contribution in [0.2, 0.25) is 0 Å². The molecule has 0 saturated carbocycles. The van der Waals surface area contributed by atoms with Crippen molar-refractivity contribution >= 4 is 42.0 Å². The highest BCUT2D eigenvalue weighted by molar-refractivity contribution is 7.47. The van der Waals surface area contributed by atoms with E-state index >= 15 is 0 Å². The molecule has 1 atom stereocenters. The van der Waals surface area contributed by atoms with Crippen LogP contribution in [0.4, 0.5) is 11.4 Å². The molecule has 2 aromatic heterocycles. The van der Waals surface area contributed by atoms with Crippen LogP contribution < -0.4 is 16.4 Å². The van der Waals surface area contributed by atoms with E-state index in [0.29, 0.717) is 34.4 Å². The summed E-state index contributed by atoms with van der Waals surface area (Å²) in [4.78, 5) is 26.8. The third-order valence-electron chi connectivity index (χ3n) is 5.24. The minimum Gasteiger partial charge on any atom is -0.397 e. The van der Waals surface area contributed by atoms with E-state index in [1.165, 1.54) is 6.20 Å². The number of anilines is 2. The summed E-state index contributed by atoms with van der Waals surface area (Å²) in [5.74, 6) is -0.310. The van der Waals surface area contributed by atoms with Crippen LogP contribution in [0, 0.1) is 6.92 Å². The first-order valence-corrected chi connectivity index (χ1v) is 12.2. The summed E-state index contributed by atoms with van der Waals surface area (Å²) in [6.45, 7) is 1.90. The van der Waals surface area contributed by atoms with Crippen molar-refractivity contribution in [1.29, 1.82) is 0 Å². The van der Waals surface area contributed by atoms with Gasteiger partial charge >= 0.3 is 0 Å². The topological polar surface area (TPSA) is 105 Å². The first kappa shape index (κ1) is 22.0. The minimum absolute atomic E-state index is 0.310. The second kappa shape index (κ2) is 9.49. The number of thiophene rings is 1. The molecule has 162 valence electrons. The number of carbonyl (C=O) groups excluding carboxylic acids is 1. The summed E-state index contributed by atoms with van der Waals surface area (Å²) in [7, 11) is -2.82. The standard InChI is InChI=1S/C24H22N3O3PS/c1-15-3-2-4-23(31(29)30)20(15)12-19-7-5-17(13-26-19)24(28)27-22-11-16(6-8-21(22)25)18-9-10-32-14-18/h2-11,13-14,31H,12,25H2,1H3,(H,27,28)(H,29,30). The van der Waals surface area contributed by atoms with E-state index in [-0.39, 0.29) is 5.91 Å². The number of hydrogen-bond donors (Lipinski definition) is 3. The highest BCUT2D eigenvalue weighted by Crippen LogP contribution is 2.29. The zero-order valence-electron chi connectivity index (χ0n) is 17.3. The molecule has 32 heavy (non-hydrogen) atoms. The average molecular weight is 463 g/mol. The molecule has 0 aliphatic rings. The Bertz CT molecular complexity index is 1290. The Kier molecular flexibility index (Phi) is 6.51. The number of carbonyl (C=O) groups is 1. The minimum atomic E-state index is -2.82. The van der Waals surface area contributed by atoms with Gasteiger partial charge < -0.3 is 15.9 Å². The van der Waals surface area contributed by atoms with Crippen molar-refractivity contribution in [3.8, 4) is 11.1 Å². The van der Waals surface area contributed by atoms with Crippen molar-refractivity contribution < 1.29 is 14.3 Å². The molecule has 1 amide bonds. The molecule has 4 aromatic rings. The van der Waals surface area contributed by atoms with Crippen molar-refractivity contribution in [3.05, 3.63) is 93.9 Å². The molecule has 8 heteroatoms. The summed E-state index contributed by atoms with van der Waals surface area (Å²) in [6, 6.07) is 16.3. The first-order valence-electron chi connectivity index (χ1n) is 9.92. The van der Waals surface area contributed by atoms with Gasteiger partial charge in [-0.25, -0.2) is 0 Å². The van der Waals surface area contributed by atoms with Crippen LogP contribution in [0.15, 0.2) is 71.6 Å². The van der Waals surface area contributed by atoms with Gasteiger partial charge in [-0.2, -0.15) is 11.3 Å². The normalized spacial score (nSPS) is 11.8. The van der Waals surface area contributed by atoms with E-state index in [1.54, 1.807) is 41.7 Å². The highest BCUT2D eigenvalue weighted by Gasteiger charge is 2.13. The predicted molar refractivity (Wildman–Crippen MR) is 131 cm³/mol. The zero-order chi connectivity index (χ0) is 22.7. The number of aryl methyl sites for hydroxylation is 1. The zero-order valence-corrected chi connectivity index (χ0v) is 19.1. The van der Waals surface area contributed by atoms with E-state index < -0.39 is 8.03 Å². The molecule has 1 unspecified atom stereocenters. The Hall–Kier alpha value is -3.25. The quantitative estimate of drug-likeness (QED) is 0.285. The van der Waals surface area contributed by atoms with Gasteiger partial charge in [0, 0.05) is 23.6 Å². The molecule has 4 rings (SSSR count). The summed E-state index contributed by atoms with van der Waals surface area (Å²) in [5, 5.41) is 7.34. The van der Waals surface area contributed by atoms with Gasteiger partial charge in [-0.05, 0) is 76.3 Å². The lowest BCUT2D eigenvalue weighted by Crippen LogP contribution is -2.14. The molecule has 0 aliphatic heterocycles. The van der Waals surface area contributed by atoms with Crippen LogP contribution in [0.1, 0.15) is 27.2 Å². The van der Waals surface area contributed by atoms with E-state index in [2.05, 4.69) is 10.3 Å². The first-order chi connectivity index (χ1) is 15.4. The number of nitrogens with zero attached hydrogens (tertiary/aromatic N) is 1. The van der Waals surface area contributed by atoms with Gasteiger partial charge in [-0.15, -0.1) is 0 Å². The Morgan fingerprint density at radius 3 is 2.69 bits per heavy atom. The third-order valence-corrected chi connectivity index (χ3v) is 6.85. The van der Waals surface area contributed by atoms with Crippen LogP contribution in [0.3, 0.4) is 0 Å². The number of pyridine rings is 1. The molecular weight excluding hydrogens is 441 g/mol. The molecule has 0 bridgehead atoms. The number of nitrogen functional groups attached to an aromatic ring is 1. The van der Waals surface area contributed by atoms with Crippen molar-refractivity contribution in [2.24, 2.45) is 0 Å². The molecular formula is C24H22N3O3PS. The molecule has 6 nitrogen and oxygen atoms in total. The maximum atomic E-state index is 12.8. The lowest BCUT2D eigenvalue weighted by molar-refractivity contribution is 0.102. The number of nitrogens with two attached hydrogens (primary N) is 1. The Labute approximate surface area is 190 Å². The van der Waals surface area contributed by atoms with Gasteiger partial charge in [0.05, 0.1) is 16.9 Å². The van der Waals surface area contributed by atoms with Gasteiger partial charge in [0.2, 0.25) is 8.03 Å². The lowest BCUT2D eigenvalue weighted by atomic mass is 10.0.